The van der Waals surface area contributed by atoms with Crippen molar-refractivity contribution in [1.82, 2.24) is 0 Å². The van der Waals surface area contributed by atoms with E-state index in [9.17, 15) is 0 Å². The van der Waals surface area contributed by atoms with Crippen LogP contribution in [-0.2, 0) is 6.42 Å². The van der Waals surface area contributed by atoms with Crippen LogP contribution in [0.2, 0.25) is 0 Å². The largest absolute Gasteiger partial charge is 0.192 e. The molecular formula is C15H25N. The lowest BCUT2D eigenvalue weighted by molar-refractivity contribution is 0.912. The summed E-state index contributed by atoms with van der Waals surface area (Å²) in [6.45, 7) is 12.2. The number of nitrogens with zero attached hydrogens (tertiary/aromatic N) is 1. The third-order valence-electron chi connectivity index (χ3n) is 1.99. The van der Waals surface area contributed by atoms with E-state index in [0.717, 1.165) is 18.4 Å². The summed E-state index contributed by atoms with van der Waals surface area (Å²) in [7, 11) is 0. The van der Waals surface area contributed by atoms with Gasteiger partial charge in [0.25, 0.3) is 0 Å². The number of benzene rings is 1. The monoisotopic (exact) mass is 219 g/mol. The van der Waals surface area contributed by atoms with E-state index >= 15 is 0 Å². The molecular weight excluding hydrogens is 194 g/mol. The van der Waals surface area contributed by atoms with E-state index in [4.69, 9.17) is 5.26 Å². The molecule has 0 saturated carbocycles. The van der Waals surface area contributed by atoms with E-state index in [1.165, 1.54) is 11.1 Å². The van der Waals surface area contributed by atoms with Crippen molar-refractivity contribution in [2.45, 2.75) is 54.4 Å². The lowest BCUT2D eigenvalue weighted by Gasteiger charge is -2.03. The van der Waals surface area contributed by atoms with Crippen molar-refractivity contribution in [3.8, 4) is 6.07 Å². The van der Waals surface area contributed by atoms with Crippen molar-refractivity contribution in [3.63, 3.8) is 0 Å². The zero-order chi connectivity index (χ0) is 13.0. The molecule has 90 valence electrons. The van der Waals surface area contributed by atoms with Crippen LogP contribution in [0.4, 0.5) is 0 Å². The Morgan fingerprint density at radius 3 is 2.06 bits per heavy atom. The van der Waals surface area contributed by atoms with E-state index in [1.807, 2.05) is 39.8 Å². The van der Waals surface area contributed by atoms with Crippen molar-refractivity contribution >= 4 is 0 Å². The Labute approximate surface area is 101 Å². The van der Waals surface area contributed by atoms with Crippen LogP contribution in [0.5, 0.6) is 0 Å². The Bertz CT molecular complexity index is 308. The van der Waals surface area contributed by atoms with Crippen molar-refractivity contribution in [3.05, 3.63) is 34.9 Å². The zero-order valence-electron chi connectivity index (χ0n) is 11.6. The summed E-state index contributed by atoms with van der Waals surface area (Å²) in [5.74, 6) is 0. The van der Waals surface area contributed by atoms with Crippen LogP contribution in [-0.4, -0.2) is 0 Å². The topological polar surface area (TPSA) is 23.8 Å². The lowest BCUT2D eigenvalue weighted by Crippen LogP contribution is -1.88. The predicted molar refractivity (Wildman–Crippen MR) is 72.6 cm³/mol. The summed E-state index contributed by atoms with van der Waals surface area (Å²) in [6, 6.07) is 8.03. The van der Waals surface area contributed by atoms with Gasteiger partial charge >= 0.3 is 0 Å². The van der Waals surface area contributed by atoms with Gasteiger partial charge in [0.15, 0.2) is 0 Å². The third kappa shape index (κ3) is 6.24. The fourth-order valence-corrected chi connectivity index (χ4v) is 1.32. The average Bonchev–Trinajstić information content (AvgIpc) is 2.37. The lowest BCUT2D eigenvalue weighted by atomic mass is 10.0. The van der Waals surface area contributed by atoms with E-state index in [0.29, 0.717) is 0 Å². The fraction of sp³-hybridized carbons (Fsp3) is 0.533. The Kier molecular flexibility index (Phi) is 12.6. The molecule has 0 atom stereocenters. The molecule has 1 rings (SSSR count). The van der Waals surface area contributed by atoms with Gasteiger partial charge in [-0.25, -0.2) is 0 Å². The maximum atomic E-state index is 8.63. The summed E-state index contributed by atoms with van der Waals surface area (Å²) in [4.78, 5) is 0. The maximum absolute atomic E-state index is 8.63. The molecule has 1 aromatic carbocycles. The number of aryl methyl sites for hydroxylation is 2. The van der Waals surface area contributed by atoms with Crippen LogP contribution in [0.1, 0.15) is 57.7 Å². The first-order chi connectivity index (χ1) is 7.77. The normalized spacial score (nSPS) is 7.81. The molecule has 0 bridgehead atoms. The summed E-state index contributed by atoms with van der Waals surface area (Å²) in [5.41, 5.74) is 3.35. The molecule has 1 aromatic rings. The minimum Gasteiger partial charge on any atom is -0.192 e. The third-order valence-corrected chi connectivity index (χ3v) is 1.99. The molecule has 0 aliphatic heterocycles. The van der Waals surface area contributed by atoms with Crippen LogP contribution in [0.3, 0.4) is 0 Å². The van der Waals surface area contributed by atoms with Crippen LogP contribution in [0.15, 0.2) is 18.2 Å². The van der Waals surface area contributed by atoms with Crippen LogP contribution in [0, 0.1) is 18.3 Å². The Hall–Kier alpha value is -1.29. The second-order valence-corrected chi connectivity index (χ2v) is 3.00. The SMILES string of the molecule is CC.CC.CCCc1ccc(C#N)cc1C. The first kappa shape index (κ1) is 17.1. The van der Waals surface area contributed by atoms with Crippen molar-refractivity contribution in [1.29, 1.82) is 5.26 Å². The summed E-state index contributed by atoms with van der Waals surface area (Å²) < 4.78 is 0. The van der Waals surface area contributed by atoms with E-state index in [2.05, 4.69) is 26.0 Å². The molecule has 0 fully saturated rings. The predicted octanol–water partition coefficient (Wildman–Crippen LogP) is 4.87. The molecule has 1 nitrogen and oxygen atoms in total. The van der Waals surface area contributed by atoms with Gasteiger partial charge in [-0.1, -0.05) is 47.1 Å². The molecule has 0 aromatic heterocycles. The van der Waals surface area contributed by atoms with Gasteiger partial charge < -0.3 is 0 Å². The fourth-order valence-electron chi connectivity index (χ4n) is 1.32. The average molecular weight is 219 g/mol. The first-order valence-electron chi connectivity index (χ1n) is 6.27. The molecule has 16 heavy (non-hydrogen) atoms. The molecule has 1 heteroatoms. The van der Waals surface area contributed by atoms with Crippen molar-refractivity contribution in [2.75, 3.05) is 0 Å². The van der Waals surface area contributed by atoms with Crippen LogP contribution < -0.4 is 0 Å². The number of hydrogen-bond acceptors (Lipinski definition) is 1. The van der Waals surface area contributed by atoms with E-state index < -0.39 is 0 Å². The molecule has 0 N–H and O–H groups in total. The van der Waals surface area contributed by atoms with E-state index in [1.54, 1.807) is 0 Å². The molecule has 0 saturated heterocycles. The number of rotatable bonds is 2. The Balaban J connectivity index is 0. The molecule has 0 aliphatic carbocycles. The van der Waals surface area contributed by atoms with Gasteiger partial charge in [-0.3, -0.25) is 0 Å². The van der Waals surface area contributed by atoms with Gasteiger partial charge in [0.05, 0.1) is 11.6 Å². The van der Waals surface area contributed by atoms with Gasteiger partial charge in [-0.05, 0) is 36.6 Å². The standard InChI is InChI=1S/C11H13N.2C2H6/c1-3-4-11-6-5-10(8-12)7-9(11)2;2*1-2/h5-7H,3-4H2,1-2H3;2*1-2H3. The highest BCUT2D eigenvalue weighted by Crippen LogP contribution is 2.12. The summed E-state index contributed by atoms with van der Waals surface area (Å²) in [5, 5.41) is 8.63. The summed E-state index contributed by atoms with van der Waals surface area (Å²) in [6.07, 6.45) is 2.27. The van der Waals surface area contributed by atoms with Crippen molar-refractivity contribution < 1.29 is 0 Å². The van der Waals surface area contributed by atoms with Crippen LogP contribution >= 0.6 is 0 Å². The second kappa shape index (κ2) is 11.8. The van der Waals surface area contributed by atoms with Gasteiger partial charge in [-0.15, -0.1) is 0 Å². The Morgan fingerprint density at radius 2 is 1.69 bits per heavy atom. The molecule has 0 heterocycles. The minimum absolute atomic E-state index is 0.757. The highest BCUT2D eigenvalue weighted by Gasteiger charge is 1.97. The smallest absolute Gasteiger partial charge is 0.0991 e. The Morgan fingerprint density at radius 1 is 1.12 bits per heavy atom. The molecule has 0 unspecified atom stereocenters. The highest BCUT2D eigenvalue weighted by atomic mass is 14.2. The van der Waals surface area contributed by atoms with Gasteiger partial charge in [0.1, 0.15) is 0 Å². The molecule has 0 spiro atoms. The van der Waals surface area contributed by atoms with Crippen LogP contribution in [0.25, 0.3) is 0 Å². The summed E-state index contributed by atoms with van der Waals surface area (Å²) >= 11 is 0. The van der Waals surface area contributed by atoms with E-state index in [-0.39, 0.29) is 0 Å². The maximum Gasteiger partial charge on any atom is 0.0991 e. The van der Waals surface area contributed by atoms with Gasteiger partial charge in [0, 0.05) is 0 Å². The quantitative estimate of drug-likeness (QED) is 0.696. The second-order valence-electron chi connectivity index (χ2n) is 3.00. The molecule has 0 radical (unpaired) electrons. The number of hydrogen-bond donors (Lipinski definition) is 0. The highest BCUT2D eigenvalue weighted by molar-refractivity contribution is 5.37. The molecule has 0 amide bonds. The van der Waals surface area contributed by atoms with Crippen molar-refractivity contribution in [2.24, 2.45) is 0 Å². The molecule has 0 aliphatic rings. The minimum atomic E-state index is 0.757. The van der Waals surface area contributed by atoms with Gasteiger partial charge in [-0.2, -0.15) is 5.26 Å². The first-order valence-corrected chi connectivity index (χ1v) is 6.27. The van der Waals surface area contributed by atoms with Gasteiger partial charge in [0.2, 0.25) is 0 Å². The number of nitriles is 1. The zero-order valence-corrected chi connectivity index (χ0v) is 11.6.